The molecule has 0 aliphatic heterocycles. The molecule has 0 spiro atoms. The highest BCUT2D eigenvalue weighted by Crippen LogP contribution is 2.02. The van der Waals surface area contributed by atoms with Crippen molar-refractivity contribution in [3.05, 3.63) is 66.0 Å². The van der Waals surface area contributed by atoms with Gasteiger partial charge in [0.1, 0.15) is 0 Å². The number of hydrogen-bond acceptors (Lipinski definition) is 3. The first kappa shape index (κ1) is 16.1. The Hall–Kier alpha value is -1.91. The van der Waals surface area contributed by atoms with Crippen LogP contribution < -0.4 is 11.1 Å². The van der Waals surface area contributed by atoms with Gasteiger partial charge >= 0.3 is 0 Å². The second-order valence-electron chi connectivity index (χ2n) is 4.34. The molecule has 0 saturated carbocycles. The zero-order valence-corrected chi connectivity index (χ0v) is 11.8. The predicted molar refractivity (Wildman–Crippen MR) is 81.5 cm³/mol. The van der Waals surface area contributed by atoms with Crippen LogP contribution in [0.2, 0.25) is 0 Å². The third kappa shape index (κ3) is 4.99. The SMILES string of the molecule is Cl.N[C@H](Cc1ccccc1)C(=O)NCc1ccccn1. The number of carbonyl (C=O) groups excluding carboxylic acids is 1. The first-order valence-electron chi connectivity index (χ1n) is 6.23. The highest BCUT2D eigenvalue weighted by molar-refractivity contribution is 5.85. The second kappa shape index (κ2) is 8.30. The van der Waals surface area contributed by atoms with Gasteiger partial charge in [-0.2, -0.15) is 0 Å². The molecule has 1 atom stereocenters. The van der Waals surface area contributed by atoms with Gasteiger partial charge in [-0.25, -0.2) is 0 Å². The Morgan fingerprint density at radius 1 is 1.15 bits per heavy atom. The fraction of sp³-hybridized carbons (Fsp3) is 0.200. The number of rotatable bonds is 5. The van der Waals surface area contributed by atoms with E-state index in [0.717, 1.165) is 11.3 Å². The van der Waals surface area contributed by atoms with Crippen LogP contribution in [-0.2, 0) is 17.8 Å². The maximum atomic E-state index is 11.9. The number of nitrogens with one attached hydrogen (secondary N) is 1. The molecule has 0 aliphatic carbocycles. The number of halogens is 1. The van der Waals surface area contributed by atoms with E-state index in [1.807, 2.05) is 48.5 Å². The number of aromatic nitrogens is 1. The molecule has 1 heterocycles. The van der Waals surface area contributed by atoms with E-state index in [4.69, 9.17) is 5.73 Å². The van der Waals surface area contributed by atoms with E-state index in [1.54, 1.807) is 6.20 Å². The van der Waals surface area contributed by atoms with Crippen LogP contribution in [0.4, 0.5) is 0 Å². The van der Waals surface area contributed by atoms with Crippen molar-refractivity contribution in [1.82, 2.24) is 10.3 Å². The minimum absolute atomic E-state index is 0. The summed E-state index contributed by atoms with van der Waals surface area (Å²) in [6.45, 7) is 0.405. The lowest BCUT2D eigenvalue weighted by molar-refractivity contribution is -0.122. The lowest BCUT2D eigenvalue weighted by Gasteiger charge is -2.12. The van der Waals surface area contributed by atoms with Crippen molar-refractivity contribution >= 4 is 18.3 Å². The fourth-order valence-corrected chi connectivity index (χ4v) is 1.77. The van der Waals surface area contributed by atoms with Crippen LogP contribution in [0.25, 0.3) is 0 Å². The molecule has 3 N–H and O–H groups in total. The molecule has 0 fully saturated rings. The summed E-state index contributed by atoms with van der Waals surface area (Å²) in [5, 5.41) is 2.79. The Labute approximate surface area is 124 Å². The third-order valence-electron chi connectivity index (χ3n) is 2.81. The molecule has 0 unspecified atom stereocenters. The Bertz CT molecular complexity index is 519. The van der Waals surface area contributed by atoms with Crippen molar-refractivity contribution < 1.29 is 4.79 Å². The number of pyridine rings is 1. The summed E-state index contributed by atoms with van der Waals surface area (Å²) < 4.78 is 0. The largest absolute Gasteiger partial charge is 0.349 e. The zero-order chi connectivity index (χ0) is 13.5. The molecular formula is C15H18ClN3O. The number of benzene rings is 1. The standard InChI is InChI=1S/C15H17N3O.ClH/c16-14(10-12-6-2-1-3-7-12)15(19)18-11-13-8-4-5-9-17-13;/h1-9,14H,10-11,16H2,(H,18,19);1H/t14-;/m1./s1. The highest BCUT2D eigenvalue weighted by Gasteiger charge is 2.13. The number of hydrogen-bond donors (Lipinski definition) is 2. The first-order valence-corrected chi connectivity index (χ1v) is 6.23. The minimum atomic E-state index is -0.536. The van der Waals surface area contributed by atoms with Gasteiger partial charge in [-0.15, -0.1) is 12.4 Å². The number of nitrogens with two attached hydrogens (primary N) is 1. The van der Waals surface area contributed by atoms with E-state index in [2.05, 4.69) is 10.3 Å². The van der Waals surface area contributed by atoms with Crippen LogP contribution in [-0.4, -0.2) is 16.9 Å². The van der Waals surface area contributed by atoms with Gasteiger partial charge in [-0.05, 0) is 24.1 Å². The average molecular weight is 292 g/mol. The summed E-state index contributed by atoms with van der Waals surface area (Å²) in [7, 11) is 0. The summed E-state index contributed by atoms with van der Waals surface area (Å²) in [4.78, 5) is 16.0. The fourth-order valence-electron chi connectivity index (χ4n) is 1.77. The molecule has 2 aromatic rings. The lowest BCUT2D eigenvalue weighted by Crippen LogP contribution is -2.41. The monoisotopic (exact) mass is 291 g/mol. The maximum Gasteiger partial charge on any atom is 0.237 e. The van der Waals surface area contributed by atoms with Crippen LogP contribution in [0, 0.1) is 0 Å². The van der Waals surface area contributed by atoms with Gasteiger partial charge in [0.25, 0.3) is 0 Å². The van der Waals surface area contributed by atoms with Gasteiger partial charge in [-0.1, -0.05) is 36.4 Å². The lowest BCUT2D eigenvalue weighted by atomic mass is 10.1. The Kier molecular flexibility index (Phi) is 6.70. The van der Waals surface area contributed by atoms with Gasteiger partial charge < -0.3 is 11.1 Å². The Morgan fingerprint density at radius 3 is 2.50 bits per heavy atom. The van der Waals surface area contributed by atoms with Crippen LogP contribution in [0.3, 0.4) is 0 Å². The van der Waals surface area contributed by atoms with Crippen molar-refractivity contribution in [2.24, 2.45) is 5.73 Å². The minimum Gasteiger partial charge on any atom is -0.349 e. The molecule has 0 saturated heterocycles. The topological polar surface area (TPSA) is 68.0 Å². The van der Waals surface area contributed by atoms with Gasteiger partial charge in [0.2, 0.25) is 5.91 Å². The number of amides is 1. The Morgan fingerprint density at radius 2 is 1.85 bits per heavy atom. The molecule has 0 radical (unpaired) electrons. The summed E-state index contributed by atoms with van der Waals surface area (Å²) in [6, 6.07) is 14.8. The van der Waals surface area contributed by atoms with E-state index in [0.29, 0.717) is 13.0 Å². The van der Waals surface area contributed by atoms with E-state index < -0.39 is 6.04 Å². The van der Waals surface area contributed by atoms with Gasteiger partial charge in [0.15, 0.2) is 0 Å². The maximum absolute atomic E-state index is 11.9. The average Bonchev–Trinajstić information content (AvgIpc) is 2.47. The summed E-state index contributed by atoms with van der Waals surface area (Å²) in [5.74, 6) is -0.158. The Balaban J connectivity index is 0.00000200. The zero-order valence-electron chi connectivity index (χ0n) is 11.0. The predicted octanol–water partition coefficient (Wildman–Crippen LogP) is 1.69. The van der Waals surface area contributed by atoms with Crippen molar-refractivity contribution in [1.29, 1.82) is 0 Å². The molecule has 106 valence electrons. The van der Waals surface area contributed by atoms with Gasteiger partial charge in [-0.3, -0.25) is 9.78 Å². The molecule has 1 amide bonds. The molecule has 1 aromatic heterocycles. The van der Waals surface area contributed by atoms with E-state index in [1.165, 1.54) is 0 Å². The van der Waals surface area contributed by atoms with Crippen LogP contribution in [0.5, 0.6) is 0 Å². The van der Waals surface area contributed by atoms with Crippen LogP contribution >= 0.6 is 12.4 Å². The first-order chi connectivity index (χ1) is 9.25. The third-order valence-corrected chi connectivity index (χ3v) is 2.81. The molecule has 1 aromatic carbocycles. The van der Waals surface area contributed by atoms with Gasteiger partial charge in [0.05, 0.1) is 18.3 Å². The van der Waals surface area contributed by atoms with Crippen LogP contribution in [0.1, 0.15) is 11.3 Å². The molecule has 20 heavy (non-hydrogen) atoms. The van der Waals surface area contributed by atoms with Gasteiger partial charge in [0, 0.05) is 6.20 Å². The smallest absolute Gasteiger partial charge is 0.237 e. The highest BCUT2D eigenvalue weighted by atomic mass is 35.5. The molecule has 0 bridgehead atoms. The van der Waals surface area contributed by atoms with Crippen molar-refractivity contribution in [3.8, 4) is 0 Å². The molecule has 2 rings (SSSR count). The van der Waals surface area contributed by atoms with Crippen LogP contribution in [0.15, 0.2) is 54.7 Å². The number of nitrogens with zero attached hydrogens (tertiary/aromatic N) is 1. The molecule has 0 aliphatic rings. The van der Waals surface area contributed by atoms with E-state index in [-0.39, 0.29) is 18.3 Å². The molecular weight excluding hydrogens is 274 g/mol. The van der Waals surface area contributed by atoms with E-state index in [9.17, 15) is 4.79 Å². The summed E-state index contributed by atoms with van der Waals surface area (Å²) in [6.07, 6.45) is 2.24. The molecule has 4 nitrogen and oxygen atoms in total. The second-order valence-corrected chi connectivity index (χ2v) is 4.34. The van der Waals surface area contributed by atoms with Crippen molar-refractivity contribution in [2.45, 2.75) is 19.0 Å². The summed E-state index contributed by atoms with van der Waals surface area (Å²) >= 11 is 0. The van der Waals surface area contributed by atoms with E-state index >= 15 is 0 Å². The van der Waals surface area contributed by atoms with Crippen molar-refractivity contribution in [2.75, 3.05) is 0 Å². The normalized spacial score (nSPS) is 11.2. The van der Waals surface area contributed by atoms with Crippen molar-refractivity contribution in [3.63, 3.8) is 0 Å². The quantitative estimate of drug-likeness (QED) is 0.881. The summed E-state index contributed by atoms with van der Waals surface area (Å²) in [5.41, 5.74) is 7.76. The number of carbonyl (C=O) groups is 1. The molecule has 5 heteroatoms.